The van der Waals surface area contributed by atoms with Gasteiger partial charge in [-0.2, -0.15) is 0 Å². The topological polar surface area (TPSA) is 40.6 Å². The van der Waals surface area contributed by atoms with Crippen molar-refractivity contribution in [1.82, 2.24) is 4.90 Å². The Balaban J connectivity index is 1.73. The summed E-state index contributed by atoms with van der Waals surface area (Å²) in [6, 6.07) is 7.84. The molecule has 22 heavy (non-hydrogen) atoms. The molecule has 3 rings (SSSR count). The fourth-order valence-electron chi connectivity index (χ4n) is 3.03. The first-order valence-corrected chi connectivity index (χ1v) is 8.21. The zero-order valence-electron chi connectivity index (χ0n) is 13.6. The first-order chi connectivity index (χ1) is 10.5. The number of rotatable bonds is 3. The predicted molar refractivity (Wildman–Crippen MR) is 86.8 cm³/mol. The third-order valence-corrected chi connectivity index (χ3v) is 4.74. The van der Waals surface area contributed by atoms with Crippen LogP contribution in [0, 0.1) is 5.92 Å². The van der Waals surface area contributed by atoms with Crippen molar-refractivity contribution < 1.29 is 9.59 Å². The summed E-state index contributed by atoms with van der Waals surface area (Å²) >= 11 is 0. The zero-order chi connectivity index (χ0) is 15.9. The van der Waals surface area contributed by atoms with Crippen LogP contribution in [-0.2, 0) is 9.59 Å². The Morgan fingerprint density at radius 1 is 1.14 bits per heavy atom. The number of piperazine rings is 1. The minimum absolute atomic E-state index is 0.0255. The lowest BCUT2D eigenvalue weighted by atomic mass is 10.0. The fourth-order valence-corrected chi connectivity index (χ4v) is 3.03. The van der Waals surface area contributed by atoms with Crippen LogP contribution in [0.25, 0.3) is 0 Å². The summed E-state index contributed by atoms with van der Waals surface area (Å²) < 4.78 is 0. The molecule has 0 aromatic heterocycles. The highest BCUT2D eigenvalue weighted by Crippen LogP contribution is 2.33. The van der Waals surface area contributed by atoms with Gasteiger partial charge in [0.2, 0.25) is 11.8 Å². The number of nitrogens with zero attached hydrogens (tertiary/aromatic N) is 2. The summed E-state index contributed by atoms with van der Waals surface area (Å²) in [5.41, 5.74) is 2.20. The van der Waals surface area contributed by atoms with Crippen molar-refractivity contribution in [3.05, 3.63) is 29.8 Å². The average Bonchev–Trinajstić information content (AvgIpc) is 3.34. The van der Waals surface area contributed by atoms with E-state index < -0.39 is 0 Å². The van der Waals surface area contributed by atoms with E-state index in [1.807, 2.05) is 24.0 Å². The van der Waals surface area contributed by atoms with Gasteiger partial charge in [-0.15, -0.1) is 0 Å². The molecule has 2 fully saturated rings. The van der Waals surface area contributed by atoms with Gasteiger partial charge in [0.1, 0.15) is 6.04 Å². The maximum atomic E-state index is 12.6. The summed E-state index contributed by atoms with van der Waals surface area (Å²) in [5, 5.41) is 0. The zero-order valence-corrected chi connectivity index (χ0v) is 13.6. The van der Waals surface area contributed by atoms with E-state index in [0.29, 0.717) is 19.0 Å². The minimum atomic E-state index is -0.355. The Labute approximate surface area is 132 Å². The van der Waals surface area contributed by atoms with E-state index in [1.54, 1.807) is 4.90 Å². The normalized spacial score (nSPS) is 22.4. The molecule has 2 amide bonds. The summed E-state index contributed by atoms with van der Waals surface area (Å²) in [6.07, 6.45) is 1.97. The Morgan fingerprint density at radius 2 is 1.77 bits per heavy atom. The number of anilines is 1. The summed E-state index contributed by atoms with van der Waals surface area (Å²) in [5.74, 6) is 0.844. The number of benzene rings is 1. The van der Waals surface area contributed by atoms with Crippen molar-refractivity contribution in [2.45, 2.75) is 45.6 Å². The molecule has 0 bridgehead atoms. The van der Waals surface area contributed by atoms with E-state index in [0.717, 1.165) is 18.5 Å². The molecule has 1 atom stereocenters. The molecule has 0 N–H and O–H groups in total. The van der Waals surface area contributed by atoms with Crippen molar-refractivity contribution in [3.8, 4) is 0 Å². The molecule has 1 saturated heterocycles. The summed E-state index contributed by atoms with van der Waals surface area (Å²) in [6.45, 7) is 7.38. The van der Waals surface area contributed by atoms with Crippen molar-refractivity contribution in [2.24, 2.45) is 5.92 Å². The Kier molecular flexibility index (Phi) is 3.94. The maximum Gasteiger partial charge on any atom is 0.249 e. The first-order valence-electron chi connectivity index (χ1n) is 8.21. The Hall–Kier alpha value is -1.84. The molecule has 1 aromatic carbocycles. The van der Waals surface area contributed by atoms with Crippen LogP contribution < -0.4 is 4.90 Å². The molecule has 0 radical (unpaired) electrons. The Bertz CT molecular complexity index is 575. The molecule has 1 saturated carbocycles. The van der Waals surface area contributed by atoms with Crippen LogP contribution in [-0.4, -0.2) is 35.8 Å². The van der Waals surface area contributed by atoms with Gasteiger partial charge in [0.05, 0.1) is 0 Å². The molecule has 0 spiro atoms. The van der Waals surface area contributed by atoms with Crippen LogP contribution in [0.1, 0.15) is 45.1 Å². The second kappa shape index (κ2) is 5.75. The van der Waals surface area contributed by atoms with Gasteiger partial charge in [-0.05, 0) is 43.4 Å². The van der Waals surface area contributed by atoms with Gasteiger partial charge in [0.15, 0.2) is 0 Å². The maximum absolute atomic E-state index is 12.6. The van der Waals surface area contributed by atoms with Gasteiger partial charge in [-0.25, -0.2) is 0 Å². The molecule has 4 nitrogen and oxygen atoms in total. The predicted octanol–water partition coefficient (Wildman–Crippen LogP) is 2.78. The highest BCUT2D eigenvalue weighted by Gasteiger charge is 2.40. The van der Waals surface area contributed by atoms with E-state index in [2.05, 4.69) is 26.0 Å². The van der Waals surface area contributed by atoms with E-state index in [1.165, 1.54) is 5.56 Å². The van der Waals surface area contributed by atoms with Crippen LogP contribution in [0.15, 0.2) is 24.3 Å². The number of carbonyl (C=O) groups is 2. The van der Waals surface area contributed by atoms with Crippen molar-refractivity contribution >= 4 is 17.5 Å². The van der Waals surface area contributed by atoms with Crippen LogP contribution in [0.4, 0.5) is 5.69 Å². The van der Waals surface area contributed by atoms with Crippen molar-refractivity contribution in [3.63, 3.8) is 0 Å². The quantitative estimate of drug-likeness (QED) is 0.861. The molecule has 118 valence electrons. The largest absolute Gasteiger partial charge is 0.329 e. The summed E-state index contributed by atoms with van der Waals surface area (Å²) in [4.78, 5) is 28.4. The third-order valence-electron chi connectivity index (χ3n) is 4.74. The van der Waals surface area contributed by atoms with Crippen LogP contribution >= 0.6 is 0 Å². The van der Waals surface area contributed by atoms with Gasteiger partial charge >= 0.3 is 0 Å². The lowest BCUT2D eigenvalue weighted by Crippen LogP contribution is -2.58. The number of carbonyl (C=O) groups excluding carboxylic acids is 2. The molecule has 1 unspecified atom stereocenters. The van der Waals surface area contributed by atoms with E-state index in [-0.39, 0.29) is 23.8 Å². The monoisotopic (exact) mass is 300 g/mol. The molecule has 1 aliphatic heterocycles. The van der Waals surface area contributed by atoms with Crippen LogP contribution in [0.3, 0.4) is 0 Å². The molecule has 1 aromatic rings. The van der Waals surface area contributed by atoms with Gasteiger partial charge < -0.3 is 9.80 Å². The van der Waals surface area contributed by atoms with E-state index in [4.69, 9.17) is 0 Å². The second-order valence-corrected chi connectivity index (χ2v) is 6.72. The summed E-state index contributed by atoms with van der Waals surface area (Å²) in [7, 11) is 0. The second-order valence-electron chi connectivity index (χ2n) is 6.72. The molecule has 1 aliphatic carbocycles. The minimum Gasteiger partial charge on any atom is -0.329 e. The average molecular weight is 300 g/mol. The SMILES string of the molecule is CC(C)c1ccc(N2CCN(C(=O)C3CC3)C(C)C2=O)cc1. The molecule has 2 aliphatic rings. The highest BCUT2D eigenvalue weighted by molar-refractivity contribution is 6.00. The van der Waals surface area contributed by atoms with Gasteiger partial charge in [-0.1, -0.05) is 26.0 Å². The molecular weight excluding hydrogens is 276 g/mol. The van der Waals surface area contributed by atoms with Gasteiger partial charge in [0.25, 0.3) is 0 Å². The first kappa shape index (κ1) is 15.1. The lowest BCUT2D eigenvalue weighted by molar-refractivity contribution is -0.141. The van der Waals surface area contributed by atoms with Crippen molar-refractivity contribution in [1.29, 1.82) is 0 Å². The third kappa shape index (κ3) is 2.74. The van der Waals surface area contributed by atoms with E-state index in [9.17, 15) is 9.59 Å². The molecule has 4 heteroatoms. The van der Waals surface area contributed by atoms with Crippen LogP contribution in [0.5, 0.6) is 0 Å². The molecule has 1 heterocycles. The fraction of sp³-hybridized carbons (Fsp3) is 0.556. The number of amides is 2. The highest BCUT2D eigenvalue weighted by atomic mass is 16.2. The van der Waals surface area contributed by atoms with Gasteiger partial charge in [0, 0.05) is 24.7 Å². The van der Waals surface area contributed by atoms with Crippen molar-refractivity contribution in [2.75, 3.05) is 18.0 Å². The number of hydrogen-bond acceptors (Lipinski definition) is 2. The standard InChI is InChI=1S/C18H24N2O2/c1-12(2)14-6-8-16(9-7-14)20-11-10-19(13(3)17(20)21)18(22)15-4-5-15/h6-9,12-13,15H,4-5,10-11H2,1-3H3. The lowest BCUT2D eigenvalue weighted by Gasteiger charge is -2.39. The van der Waals surface area contributed by atoms with Crippen LogP contribution in [0.2, 0.25) is 0 Å². The Morgan fingerprint density at radius 3 is 2.32 bits per heavy atom. The molecular formula is C18H24N2O2. The number of hydrogen-bond donors (Lipinski definition) is 0. The van der Waals surface area contributed by atoms with E-state index >= 15 is 0 Å². The van der Waals surface area contributed by atoms with Gasteiger partial charge in [-0.3, -0.25) is 9.59 Å². The smallest absolute Gasteiger partial charge is 0.249 e.